The van der Waals surface area contributed by atoms with Gasteiger partial charge in [0.1, 0.15) is 0 Å². The number of benzene rings is 1. The van der Waals surface area contributed by atoms with E-state index < -0.39 is 6.09 Å². The average molecular weight is 290 g/mol. The predicted octanol–water partition coefficient (Wildman–Crippen LogP) is 3.54. The van der Waals surface area contributed by atoms with Crippen LogP contribution >= 0.6 is 11.3 Å². The van der Waals surface area contributed by atoms with Crippen LogP contribution in [-0.4, -0.2) is 23.1 Å². The van der Waals surface area contributed by atoms with Gasteiger partial charge in [-0.2, -0.15) is 0 Å². The maximum absolute atomic E-state index is 11.0. The molecule has 0 aliphatic carbocycles. The molecule has 0 fully saturated rings. The Bertz CT molecular complexity index is 607. The first-order valence-electron chi connectivity index (χ1n) is 6.35. The van der Waals surface area contributed by atoms with Crippen LogP contribution in [0.1, 0.15) is 23.4 Å². The zero-order valence-corrected chi connectivity index (χ0v) is 12.4. The van der Waals surface area contributed by atoms with Crippen molar-refractivity contribution in [2.75, 3.05) is 7.05 Å². The van der Waals surface area contributed by atoms with Crippen molar-refractivity contribution in [2.24, 2.45) is 5.73 Å². The van der Waals surface area contributed by atoms with Crippen molar-refractivity contribution in [1.29, 1.82) is 0 Å². The molecule has 0 saturated heterocycles. The molecule has 2 aromatic rings. The fourth-order valence-corrected chi connectivity index (χ4v) is 2.86. The van der Waals surface area contributed by atoms with E-state index in [9.17, 15) is 4.79 Å². The molecule has 1 atom stereocenters. The first kappa shape index (κ1) is 14.6. The van der Waals surface area contributed by atoms with Gasteiger partial charge in [0.25, 0.3) is 0 Å². The third-order valence-corrected chi connectivity index (χ3v) is 4.26. The second-order valence-corrected chi connectivity index (χ2v) is 5.77. The van der Waals surface area contributed by atoms with Crippen molar-refractivity contribution in [3.63, 3.8) is 0 Å². The first-order valence-corrected chi connectivity index (χ1v) is 7.23. The Morgan fingerprint density at radius 3 is 2.75 bits per heavy atom. The zero-order valence-electron chi connectivity index (χ0n) is 11.5. The minimum atomic E-state index is -0.929. The van der Waals surface area contributed by atoms with E-state index in [1.165, 1.54) is 4.90 Å². The fourth-order valence-electron chi connectivity index (χ4n) is 2.00. The molecule has 4 nitrogen and oxygen atoms in total. The number of hydrogen-bond acceptors (Lipinski definition) is 3. The van der Waals surface area contributed by atoms with Gasteiger partial charge in [-0.3, -0.25) is 0 Å². The van der Waals surface area contributed by atoms with Crippen molar-refractivity contribution in [2.45, 2.75) is 19.5 Å². The molecule has 0 aliphatic heterocycles. The molecule has 3 N–H and O–H groups in total. The molecule has 0 unspecified atom stereocenters. The lowest BCUT2D eigenvalue weighted by molar-refractivity contribution is 0.154. The molecular weight excluding hydrogens is 272 g/mol. The van der Waals surface area contributed by atoms with Crippen molar-refractivity contribution < 1.29 is 9.90 Å². The van der Waals surface area contributed by atoms with Gasteiger partial charge in [-0.25, -0.2) is 4.79 Å². The summed E-state index contributed by atoms with van der Waals surface area (Å²) in [6.07, 6.45) is -0.929. The topological polar surface area (TPSA) is 66.6 Å². The summed E-state index contributed by atoms with van der Waals surface area (Å²) in [4.78, 5) is 13.4. The highest BCUT2D eigenvalue weighted by molar-refractivity contribution is 7.10. The van der Waals surface area contributed by atoms with E-state index in [0.29, 0.717) is 6.54 Å². The Morgan fingerprint density at radius 1 is 1.45 bits per heavy atom. The summed E-state index contributed by atoms with van der Waals surface area (Å²) in [5, 5.41) is 11.1. The number of amides is 1. The SMILES string of the molecule is C[C@@H](N)c1cc(-c2ccccc2CN(C)C(=O)O)cs1. The first-order chi connectivity index (χ1) is 9.49. The van der Waals surface area contributed by atoms with E-state index in [1.54, 1.807) is 18.4 Å². The third kappa shape index (κ3) is 3.18. The summed E-state index contributed by atoms with van der Waals surface area (Å²) < 4.78 is 0. The molecule has 20 heavy (non-hydrogen) atoms. The third-order valence-electron chi connectivity index (χ3n) is 3.13. The maximum Gasteiger partial charge on any atom is 0.407 e. The standard InChI is InChI=1S/C15H18N2O2S/c1-10(16)14-7-12(9-20-14)13-6-4-3-5-11(13)8-17(2)15(18)19/h3-7,9-10H,8,16H2,1-2H3,(H,18,19)/t10-/m1/s1. The second kappa shape index (κ2) is 6.07. The van der Waals surface area contributed by atoms with Gasteiger partial charge in [0.2, 0.25) is 0 Å². The van der Waals surface area contributed by atoms with Gasteiger partial charge in [-0.05, 0) is 35.1 Å². The molecule has 1 aromatic heterocycles. The smallest absolute Gasteiger partial charge is 0.407 e. The number of carbonyl (C=O) groups is 1. The lowest BCUT2D eigenvalue weighted by Crippen LogP contribution is -2.24. The highest BCUT2D eigenvalue weighted by Crippen LogP contribution is 2.31. The van der Waals surface area contributed by atoms with E-state index in [4.69, 9.17) is 10.8 Å². The van der Waals surface area contributed by atoms with Crippen LogP contribution in [0.5, 0.6) is 0 Å². The zero-order chi connectivity index (χ0) is 14.7. The van der Waals surface area contributed by atoms with Gasteiger partial charge < -0.3 is 15.7 Å². The van der Waals surface area contributed by atoms with Crippen LogP contribution in [0.15, 0.2) is 35.7 Å². The van der Waals surface area contributed by atoms with Gasteiger partial charge in [-0.1, -0.05) is 24.3 Å². The van der Waals surface area contributed by atoms with Crippen molar-refractivity contribution in [3.8, 4) is 11.1 Å². The van der Waals surface area contributed by atoms with Crippen molar-refractivity contribution in [1.82, 2.24) is 4.90 Å². The fraction of sp³-hybridized carbons (Fsp3) is 0.267. The van der Waals surface area contributed by atoms with Gasteiger partial charge in [0.05, 0.1) is 0 Å². The molecule has 0 bridgehead atoms. The molecule has 1 amide bonds. The highest BCUT2D eigenvalue weighted by atomic mass is 32.1. The van der Waals surface area contributed by atoms with Gasteiger partial charge in [-0.15, -0.1) is 11.3 Å². The predicted molar refractivity (Wildman–Crippen MR) is 81.8 cm³/mol. The molecule has 1 aromatic carbocycles. The Labute approximate surface area is 122 Å². The molecule has 0 saturated carbocycles. The van der Waals surface area contributed by atoms with Gasteiger partial charge in [0.15, 0.2) is 0 Å². The lowest BCUT2D eigenvalue weighted by Gasteiger charge is -2.15. The number of hydrogen-bond donors (Lipinski definition) is 2. The van der Waals surface area contributed by atoms with E-state index >= 15 is 0 Å². The average Bonchev–Trinajstić information content (AvgIpc) is 2.88. The second-order valence-electron chi connectivity index (χ2n) is 4.82. The summed E-state index contributed by atoms with van der Waals surface area (Å²) in [6.45, 7) is 2.33. The molecule has 106 valence electrons. The normalized spacial score (nSPS) is 12.2. The van der Waals surface area contributed by atoms with Crippen molar-refractivity contribution in [3.05, 3.63) is 46.2 Å². The van der Waals surface area contributed by atoms with Gasteiger partial charge in [0, 0.05) is 24.5 Å². The largest absolute Gasteiger partial charge is 0.465 e. The number of thiophene rings is 1. The molecular formula is C15H18N2O2S. The van der Waals surface area contributed by atoms with E-state index in [2.05, 4.69) is 11.4 Å². The Kier molecular flexibility index (Phi) is 4.42. The van der Waals surface area contributed by atoms with E-state index in [1.807, 2.05) is 31.2 Å². The van der Waals surface area contributed by atoms with Crippen LogP contribution in [0.25, 0.3) is 11.1 Å². The number of rotatable bonds is 4. The highest BCUT2D eigenvalue weighted by Gasteiger charge is 2.12. The lowest BCUT2D eigenvalue weighted by atomic mass is 10.0. The van der Waals surface area contributed by atoms with Crippen LogP contribution in [0, 0.1) is 0 Å². The minimum Gasteiger partial charge on any atom is -0.465 e. The van der Waals surface area contributed by atoms with E-state index in [0.717, 1.165) is 21.6 Å². The van der Waals surface area contributed by atoms with Gasteiger partial charge >= 0.3 is 6.09 Å². The monoisotopic (exact) mass is 290 g/mol. The van der Waals surface area contributed by atoms with Crippen LogP contribution < -0.4 is 5.73 Å². The molecule has 0 spiro atoms. The van der Waals surface area contributed by atoms with Crippen LogP contribution in [0.4, 0.5) is 4.79 Å². The summed E-state index contributed by atoms with van der Waals surface area (Å²) in [5.41, 5.74) is 9.03. The van der Waals surface area contributed by atoms with Crippen molar-refractivity contribution >= 4 is 17.4 Å². The van der Waals surface area contributed by atoms with Crippen LogP contribution in [-0.2, 0) is 6.54 Å². The number of nitrogens with two attached hydrogens (primary N) is 1. The number of carboxylic acid groups (broad SMARTS) is 1. The van der Waals surface area contributed by atoms with E-state index in [-0.39, 0.29) is 6.04 Å². The minimum absolute atomic E-state index is 0.0163. The summed E-state index contributed by atoms with van der Waals surface area (Å²) in [6, 6.07) is 9.95. The van der Waals surface area contributed by atoms with Crippen LogP contribution in [0.3, 0.4) is 0 Å². The number of nitrogens with zero attached hydrogens (tertiary/aromatic N) is 1. The Balaban J connectivity index is 2.33. The Morgan fingerprint density at radius 2 is 2.15 bits per heavy atom. The molecule has 1 heterocycles. The van der Waals surface area contributed by atoms with Crippen LogP contribution in [0.2, 0.25) is 0 Å². The quantitative estimate of drug-likeness (QED) is 0.905. The Hall–Kier alpha value is -1.85. The maximum atomic E-state index is 11.0. The summed E-state index contributed by atoms with van der Waals surface area (Å²) in [7, 11) is 1.57. The molecule has 0 radical (unpaired) electrons. The summed E-state index contributed by atoms with van der Waals surface area (Å²) in [5.74, 6) is 0. The molecule has 0 aliphatic rings. The molecule has 2 rings (SSSR count). The molecule has 5 heteroatoms. The summed E-state index contributed by atoms with van der Waals surface area (Å²) >= 11 is 1.63.